The molecular formula is C15H19N5O5S. The van der Waals surface area contributed by atoms with Crippen LogP contribution in [0.15, 0.2) is 30.9 Å². The molecule has 0 aliphatic carbocycles. The zero-order valence-corrected chi connectivity index (χ0v) is 15.2. The number of rotatable bonds is 5. The standard InChI is InChI=1S/C14H15N5O2.CH4O3S/c1-20-10-4-3-9(5-11(10)21-2)6-15-13-12-14(17-7-16-12)19-8-18-13;1-5(2,3)4/h3-5,7-8H,6H2,1-2H3,(H2,15,16,17,18,19);1H3,(H,2,3,4). The number of H-pyrrole nitrogens is 1. The number of benzene rings is 1. The van der Waals surface area contributed by atoms with Crippen LogP contribution < -0.4 is 14.8 Å². The number of nitrogens with one attached hydrogen (secondary N) is 2. The molecule has 0 saturated heterocycles. The summed E-state index contributed by atoms with van der Waals surface area (Å²) in [5.74, 6) is 2.12. The van der Waals surface area contributed by atoms with Gasteiger partial charge >= 0.3 is 0 Å². The molecule has 0 radical (unpaired) electrons. The lowest BCUT2D eigenvalue weighted by Crippen LogP contribution is -2.03. The fourth-order valence-corrected chi connectivity index (χ4v) is 2.08. The van der Waals surface area contributed by atoms with E-state index in [1.807, 2.05) is 18.2 Å². The highest BCUT2D eigenvalue weighted by atomic mass is 32.2. The van der Waals surface area contributed by atoms with Gasteiger partial charge < -0.3 is 19.8 Å². The fraction of sp³-hybridized carbons (Fsp3) is 0.267. The van der Waals surface area contributed by atoms with Gasteiger partial charge in [-0.25, -0.2) is 15.0 Å². The van der Waals surface area contributed by atoms with E-state index < -0.39 is 10.1 Å². The molecule has 2 heterocycles. The lowest BCUT2D eigenvalue weighted by Gasteiger charge is -2.10. The van der Waals surface area contributed by atoms with E-state index in [2.05, 4.69) is 25.3 Å². The smallest absolute Gasteiger partial charge is 0.261 e. The summed E-state index contributed by atoms with van der Waals surface area (Å²) in [5.41, 5.74) is 2.48. The number of methoxy groups -OCH3 is 2. The summed E-state index contributed by atoms with van der Waals surface area (Å²) in [7, 11) is -0.431. The number of anilines is 1. The molecular weight excluding hydrogens is 362 g/mol. The second-order valence-corrected chi connectivity index (χ2v) is 6.57. The monoisotopic (exact) mass is 381 g/mol. The maximum absolute atomic E-state index is 9.19. The minimum Gasteiger partial charge on any atom is -0.493 e. The molecule has 0 amide bonds. The predicted octanol–water partition coefficient (Wildman–Crippen LogP) is 1.49. The zero-order valence-electron chi connectivity index (χ0n) is 14.4. The maximum Gasteiger partial charge on any atom is 0.261 e. The van der Waals surface area contributed by atoms with Crippen LogP contribution in [0.25, 0.3) is 11.2 Å². The van der Waals surface area contributed by atoms with Crippen molar-refractivity contribution in [2.45, 2.75) is 6.54 Å². The Kier molecular flexibility index (Phi) is 6.31. The highest BCUT2D eigenvalue weighted by Crippen LogP contribution is 2.28. The van der Waals surface area contributed by atoms with Crippen LogP contribution in [0.4, 0.5) is 5.82 Å². The second-order valence-electron chi connectivity index (χ2n) is 5.10. The molecule has 0 unspecified atom stereocenters. The van der Waals surface area contributed by atoms with E-state index in [-0.39, 0.29) is 0 Å². The molecule has 140 valence electrons. The van der Waals surface area contributed by atoms with Crippen molar-refractivity contribution in [2.24, 2.45) is 0 Å². The Morgan fingerprint density at radius 3 is 2.50 bits per heavy atom. The molecule has 2 aromatic heterocycles. The van der Waals surface area contributed by atoms with Crippen molar-refractivity contribution in [2.75, 3.05) is 25.8 Å². The third kappa shape index (κ3) is 5.57. The third-order valence-electron chi connectivity index (χ3n) is 3.13. The Morgan fingerprint density at radius 2 is 1.85 bits per heavy atom. The Morgan fingerprint density at radius 1 is 1.15 bits per heavy atom. The topological polar surface area (TPSA) is 139 Å². The van der Waals surface area contributed by atoms with Crippen LogP contribution in [0.1, 0.15) is 5.56 Å². The summed E-state index contributed by atoms with van der Waals surface area (Å²) in [6.45, 7) is 0.603. The van der Waals surface area contributed by atoms with Crippen molar-refractivity contribution in [3.05, 3.63) is 36.4 Å². The molecule has 3 N–H and O–H groups in total. The number of aromatic amines is 1. The van der Waals surface area contributed by atoms with Crippen LogP contribution in [0.5, 0.6) is 11.5 Å². The molecule has 0 atom stereocenters. The van der Waals surface area contributed by atoms with Gasteiger partial charge in [0.25, 0.3) is 10.1 Å². The molecule has 0 spiro atoms. The van der Waals surface area contributed by atoms with Crippen molar-refractivity contribution in [3.63, 3.8) is 0 Å². The van der Waals surface area contributed by atoms with Gasteiger partial charge in [-0.05, 0) is 17.7 Å². The molecule has 0 aliphatic heterocycles. The van der Waals surface area contributed by atoms with E-state index >= 15 is 0 Å². The summed E-state index contributed by atoms with van der Waals surface area (Å²) in [5, 5.41) is 3.26. The molecule has 0 bridgehead atoms. The number of ether oxygens (including phenoxy) is 2. The van der Waals surface area contributed by atoms with Gasteiger partial charge in [-0.15, -0.1) is 0 Å². The van der Waals surface area contributed by atoms with Gasteiger partial charge in [0, 0.05) is 6.54 Å². The molecule has 3 rings (SSSR count). The van der Waals surface area contributed by atoms with Gasteiger partial charge in [-0.2, -0.15) is 8.42 Å². The molecule has 0 saturated carbocycles. The number of nitrogens with zero attached hydrogens (tertiary/aromatic N) is 3. The van der Waals surface area contributed by atoms with E-state index in [1.165, 1.54) is 6.33 Å². The Balaban J connectivity index is 0.000000431. The first-order valence-electron chi connectivity index (χ1n) is 7.33. The molecule has 3 aromatic rings. The number of hydrogen-bond acceptors (Lipinski definition) is 8. The first kappa shape index (κ1) is 19.4. The molecule has 0 aliphatic rings. The van der Waals surface area contributed by atoms with Gasteiger partial charge in [0.15, 0.2) is 23.0 Å². The summed E-state index contributed by atoms with van der Waals surface area (Å²) in [4.78, 5) is 15.4. The average Bonchev–Trinajstić information content (AvgIpc) is 3.07. The average molecular weight is 381 g/mol. The van der Waals surface area contributed by atoms with E-state index in [1.54, 1.807) is 20.5 Å². The summed E-state index contributed by atoms with van der Waals surface area (Å²) in [6.07, 6.45) is 3.80. The van der Waals surface area contributed by atoms with Crippen molar-refractivity contribution in [1.29, 1.82) is 0 Å². The maximum atomic E-state index is 9.19. The van der Waals surface area contributed by atoms with E-state index in [9.17, 15) is 8.42 Å². The lowest BCUT2D eigenvalue weighted by atomic mass is 10.2. The van der Waals surface area contributed by atoms with E-state index in [0.717, 1.165) is 11.1 Å². The number of hydrogen-bond donors (Lipinski definition) is 3. The largest absolute Gasteiger partial charge is 0.493 e. The Labute approximate surface area is 150 Å². The van der Waals surface area contributed by atoms with Crippen molar-refractivity contribution < 1.29 is 22.4 Å². The van der Waals surface area contributed by atoms with Gasteiger partial charge in [0.05, 0.1) is 26.8 Å². The summed E-state index contributed by atoms with van der Waals surface area (Å²) < 4.78 is 36.4. The summed E-state index contributed by atoms with van der Waals surface area (Å²) in [6, 6.07) is 5.78. The van der Waals surface area contributed by atoms with Crippen molar-refractivity contribution >= 4 is 27.1 Å². The SMILES string of the molecule is COc1ccc(CNc2ncnc3nc[nH]c23)cc1OC.CS(=O)(=O)O. The highest BCUT2D eigenvalue weighted by molar-refractivity contribution is 7.85. The predicted molar refractivity (Wildman–Crippen MR) is 96.0 cm³/mol. The zero-order chi connectivity index (χ0) is 19.2. The molecule has 26 heavy (non-hydrogen) atoms. The minimum absolute atomic E-state index is 0.603. The Hall–Kier alpha value is -2.92. The number of aromatic nitrogens is 4. The Bertz CT molecular complexity index is 965. The fourth-order valence-electron chi connectivity index (χ4n) is 2.08. The number of fused-ring (bicyclic) bond motifs is 1. The van der Waals surface area contributed by atoms with Crippen molar-refractivity contribution in [1.82, 2.24) is 19.9 Å². The third-order valence-corrected chi connectivity index (χ3v) is 3.13. The normalized spacial score (nSPS) is 10.8. The molecule has 0 fully saturated rings. The molecule has 11 heteroatoms. The molecule has 1 aromatic carbocycles. The van der Waals surface area contributed by atoms with Crippen molar-refractivity contribution in [3.8, 4) is 11.5 Å². The first-order chi connectivity index (χ1) is 12.3. The van der Waals surface area contributed by atoms with Crippen LogP contribution in [0, 0.1) is 0 Å². The molecule has 10 nitrogen and oxygen atoms in total. The highest BCUT2D eigenvalue weighted by Gasteiger charge is 2.07. The van der Waals surface area contributed by atoms with Gasteiger partial charge in [-0.1, -0.05) is 6.07 Å². The van der Waals surface area contributed by atoms with Crippen LogP contribution in [-0.2, 0) is 16.7 Å². The summed E-state index contributed by atoms with van der Waals surface area (Å²) >= 11 is 0. The van der Waals surface area contributed by atoms with Crippen LogP contribution in [-0.4, -0.2) is 53.4 Å². The number of imidazole rings is 1. The van der Waals surface area contributed by atoms with E-state index in [4.69, 9.17) is 14.0 Å². The van der Waals surface area contributed by atoms with Crippen LogP contribution >= 0.6 is 0 Å². The quantitative estimate of drug-likeness (QED) is 0.561. The first-order valence-corrected chi connectivity index (χ1v) is 9.18. The van der Waals surface area contributed by atoms with E-state index in [0.29, 0.717) is 35.8 Å². The van der Waals surface area contributed by atoms with Gasteiger partial charge in [0.1, 0.15) is 11.8 Å². The van der Waals surface area contributed by atoms with Gasteiger partial charge in [-0.3, -0.25) is 4.55 Å². The minimum atomic E-state index is -3.67. The second kappa shape index (κ2) is 8.45. The van der Waals surface area contributed by atoms with Crippen LogP contribution in [0.2, 0.25) is 0 Å². The lowest BCUT2D eigenvalue weighted by molar-refractivity contribution is 0.354. The van der Waals surface area contributed by atoms with Gasteiger partial charge in [0.2, 0.25) is 0 Å². The van der Waals surface area contributed by atoms with Crippen LogP contribution in [0.3, 0.4) is 0 Å².